The van der Waals surface area contributed by atoms with Crippen molar-refractivity contribution in [3.8, 4) is 0 Å². The van der Waals surface area contributed by atoms with Gasteiger partial charge >= 0.3 is 0 Å². The van der Waals surface area contributed by atoms with E-state index in [0.717, 1.165) is 31.3 Å². The van der Waals surface area contributed by atoms with Crippen LogP contribution in [0.3, 0.4) is 0 Å². The summed E-state index contributed by atoms with van der Waals surface area (Å²) in [4.78, 5) is 12.0. The predicted molar refractivity (Wildman–Crippen MR) is 57.0 cm³/mol. The Labute approximate surface area is 86.3 Å². The van der Waals surface area contributed by atoms with Gasteiger partial charge in [-0.1, -0.05) is 20.3 Å². The van der Waals surface area contributed by atoms with Gasteiger partial charge in [-0.15, -0.1) is 0 Å². The van der Waals surface area contributed by atoms with E-state index in [9.17, 15) is 4.79 Å². The van der Waals surface area contributed by atoms with Gasteiger partial charge in [-0.25, -0.2) is 0 Å². The molecule has 0 N–H and O–H groups in total. The fourth-order valence-electron chi connectivity index (χ4n) is 1.84. The Morgan fingerprint density at radius 3 is 2.79 bits per heavy atom. The quantitative estimate of drug-likeness (QED) is 0.385. The highest BCUT2D eigenvalue weighted by Gasteiger charge is 2.31. The third-order valence-corrected chi connectivity index (χ3v) is 2.80. The first-order chi connectivity index (χ1) is 6.58. The van der Waals surface area contributed by atoms with Crippen molar-refractivity contribution in [3.63, 3.8) is 0 Å². The van der Waals surface area contributed by atoms with Gasteiger partial charge < -0.3 is 4.74 Å². The molecule has 1 saturated carbocycles. The molecule has 0 aromatic carbocycles. The number of carbonyl (C=O) groups is 1. The molecule has 0 atom stereocenters. The Kier molecular flexibility index (Phi) is 3.73. The number of ether oxygens (including phenoxy) is 1. The third kappa shape index (κ3) is 2.60. The number of Topliss-reactive ketones (excluding diaryl/α,β-unsaturated/α-hetero) is 1. The van der Waals surface area contributed by atoms with Crippen LogP contribution in [0, 0.1) is 5.41 Å². The largest absolute Gasteiger partial charge is 0.501 e. The molecule has 2 heteroatoms. The molecule has 0 spiro atoms. The van der Waals surface area contributed by atoms with Crippen molar-refractivity contribution in [1.29, 1.82) is 0 Å². The standard InChI is InChI=1S/C12H20O2/c1-4-14-9-10-7-5-6-8-12(2,3)11(10)13/h9H,4-8H2,1-3H3/b10-9+. The summed E-state index contributed by atoms with van der Waals surface area (Å²) in [6.45, 7) is 6.63. The van der Waals surface area contributed by atoms with E-state index in [1.54, 1.807) is 6.26 Å². The number of ketones is 1. The molecule has 0 heterocycles. The van der Waals surface area contributed by atoms with Crippen LogP contribution in [0.15, 0.2) is 11.8 Å². The first-order valence-electron chi connectivity index (χ1n) is 5.43. The second-order valence-electron chi connectivity index (χ2n) is 4.52. The summed E-state index contributed by atoms with van der Waals surface area (Å²) in [7, 11) is 0. The van der Waals surface area contributed by atoms with Crippen molar-refractivity contribution < 1.29 is 9.53 Å². The van der Waals surface area contributed by atoms with Crippen molar-refractivity contribution >= 4 is 5.78 Å². The maximum Gasteiger partial charge on any atom is 0.167 e. The molecule has 1 aliphatic carbocycles. The average Bonchev–Trinajstić information content (AvgIpc) is 2.26. The summed E-state index contributed by atoms with van der Waals surface area (Å²) < 4.78 is 5.21. The van der Waals surface area contributed by atoms with Gasteiger partial charge in [0.05, 0.1) is 12.9 Å². The van der Waals surface area contributed by atoms with E-state index in [1.165, 1.54) is 0 Å². The topological polar surface area (TPSA) is 26.3 Å². The first kappa shape index (κ1) is 11.3. The maximum atomic E-state index is 12.0. The van der Waals surface area contributed by atoms with E-state index in [-0.39, 0.29) is 11.2 Å². The van der Waals surface area contributed by atoms with E-state index in [4.69, 9.17) is 4.74 Å². The van der Waals surface area contributed by atoms with E-state index in [0.29, 0.717) is 6.61 Å². The SMILES string of the molecule is CCO/C=C1\CCCCC(C)(C)C1=O. The minimum atomic E-state index is -0.195. The second kappa shape index (κ2) is 4.63. The number of allylic oxidation sites excluding steroid dienone is 1. The summed E-state index contributed by atoms with van der Waals surface area (Å²) in [6, 6.07) is 0. The number of rotatable bonds is 2. The Bertz CT molecular complexity index is 239. The Morgan fingerprint density at radius 1 is 1.43 bits per heavy atom. The van der Waals surface area contributed by atoms with Gasteiger partial charge in [-0.3, -0.25) is 4.79 Å². The lowest BCUT2D eigenvalue weighted by Crippen LogP contribution is -2.24. The lowest BCUT2D eigenvalue weighted by Gasteiger charge is -2.20. The van der Waals surface area contributed by atoms with E-state index in [1.807, 2.05) is 20.8 Å². The molecule has 0 aliphatic heterocycles. The summed E-state index contributed by atoms with van der Waals surface area (Å²) in [6.07, 6.45) is 5.78. The molecule has 0 bridgehead atoms. The molecule has 1 fully saturated rings. The van der Waals surface area contributed by atoms with Crippen LogP contribution in [0.2, 0.25) is 0 Å². The Balaban J connectivity index is 2.79. The fourth-order valence-corrected chi connectivity index (χ4v) is 1.84. The van der Waals surface area contributed by atoms with Crippen molar-refractivity contribution in [2.45, 2.75) is 46.5 Å². The Hall–Kier alpha value is -0.790. The third-order valence-electron chi connectivity index (χ3n) is 2.80. The van der Waals surface area contributed by atoms with E-state index >= 15 is 0 Å². The van der Waals surface area contributed by atoms with Gasteiger partial charge in [0, 0.05) is 11.0 Å². The molecular formula is C12H20O2. The molecule has 0 aromatic heterocycles. The molecule has 0 saturated heterocycles. The summed E-state index contributed by atoms with van der Waals surface area (Å²) in [5, 5.41) is 0. The lowest BCUT2D eigenvalue weighted by molar-refractivity contribution is -0.123. The zero-order valence-electron chi connectivity index (χ0n) is 9.43. The lowest BCUT2D eigenvalue weighted by atomic mass is 9.82. The van der Waals surface area contributed by atoms with Gasteiger partial charge in [0.15, 0.2) is 5.78 Å². The van der Waals surface area contributed by atoms with Crippen LogP contribution in [-0.4, -0.2) is 12.4 Å². The van der Waals surface area contributed by atoms with E-state index in [2.05, 4.69) is 0 Å². The first-order valence-corrected chi connectivity index (χ1v) is 5.43. The highest BCUT2D eigenvalue weighted by Crippen LogP contribution is 2.33. The maximum absolute atomic E-state index is 12.0. The molecule has 1 aliphatic rings. The highest BCUT2D eigenvalue weighted by atomic mass is 16.5. The zero-order valence-corrected chi connectivity index (χ0v) is 9.43. The van der Waals surface area contributed by atoms with E-state index < -0.39 is 0 Å². The predicted octanol–water partition coefficient (Wildman–Crippen LogP) is 3.08. The normalized spacial score (nSPS) is 24.8. The number of hydrogen-bond acceptors (Lipinski definition) is 2. The van der Waals surface area contributed by atoms with Gasteiger partial charge in [-0.05, 0) is 26.2 Å². The van der Waals surface area contributed by atoms with Crippen molar-refractivity contribution in [2.75, 3.05) is 6.61 Å². The van der Waals surface area contributed by atoms with Crippen LogP contribution in [0.4, 0.5) is 0 Å². The monoisotopic (exact) mass is 196 g/mol. The van der Waals surface area contributed by atoms with Crippen LogP contribution in [0.5, 0.6) is 0 Å². The van der Waals surface area contributed by atoms with Crippen LogP contribution >= 0.6 is 0 Å². The Morgan fingerprint density at radius 2 is 2.14 bits per heavy atom. The highest BCUT2D eigenvalue weighted by molar-refractivity contribution is 5.99. The molecular weight excluding hydrogens is 176 g/mol. The minimum Gasteiger partial charge on any atom is -0.501 e. The molecule has 1 rings (SSSR count). The van der Waals surface area contributed by atoms with Crippen molar-refractivity contribution in [1.82, 2.24) is 0 Å². The van der Waals surface area contributed by atoms with Crippen LogP contribution in [0.25, 0.3) is 0 Å². The van der Waals surface area contributed by atoms with Gasteiger partial charge in [0.1, 0.15) is 0 Å². The molecule has 0 aromatic rings. The van der Waals surface area contributed by atoms with Crippen LogP contribution < -0.4 is 0 Å². The summed E-state index contributed by atoms with van der Waals surface area (Å²) in [5.74, 6) is 0.267. The van der Waals surface area contributed by atoms with Crippen molar-refractivity contribution in [2.24, 2.45) is 5.41 Å². The molecule has 0 amide bonds. The zero-order chi connectivity index (χ0) is 10.6. The number of hydrogen-bond donors (Lipinski definition) is 0. The molecule has 0 radical (unpaired) electrons. The molecule has 0 unspecified atom stereocenters. The van der Waals surface area contributed by atoms with Gasteiger partial charge in [0.25, 0.3) is 0 Å². The average molecular weight is 196 g/mol. The molecule has 14 heavy (non-hydrogen) atoms. The van der Waals surface area contributed by atoms with Crippen LogP contribution in [-0.2, 0) is 9.53 Å². The fraction of sp³-hybridized carbons (Fsp3) is 0.750. The summed E-state index contributed by atoms with van der Waals surface area (Å²) >= 11 is 0. The van der Waals surface area contributed by atoms with Gasteiger partial charge in [0.2, 0.25) is 0 Å². The minimum absolute atomic E-state index is 0.195. The smallest absolute Gasteiger partial charge is 0.167 e. The molecule has 2 nitrogen and oxygen atoms in total. The van der Waals surface area contributed by atoms with Crippen LogP contribution in [0.1, 0.15) is 46.5 Å². The second-order valence-corrected chi connectivity index (χ2v) is 4.52. The summed E-state index contributed by atoms with van der Waals surface area (Å²) in [5.41, 5.74) is 0.675. The van der Waals surface area contributed by atoms with Gasteiger partial charge in [-0.2, -0.15) is 0 Å². The number of carbonyl (C=O) groups excluding carboxylic acids is 1. The van der Waals surface area contributed by atoms with Crippen molar-refractivity contribution in [3.05, 3.63) is 11.8 Å². The molecule has 80 valence electrons.